The molecule has 0 aromatic carbocycles. The Bertz CT molecular complexity index is 635. The highest BCUT2D eigenvalue weighted by Crippen LogP contribution is 2.53. The molecule has 0 amide bonds. The van der Waals surface area contributed by atoms with Gasteiger partial charge in [0.05, 0.1) is 11.1 Å². The van der Waals surface area contributed by atoms with E-state index < -0.39 is 0 Å². The highest BCUT2D eigenvalue weighted by molar-refractivity contribution is 6.20. The third kappa shape index (κ3) is 1.97. The van der Waals surface area contributed by atoms with E-state index in [0.29, 0.717) is 11.3 Å². The summed E-state index contributed by atoms with van der Waals surface area (Å²) in [4.78, 5) is 4.71. The maximum Gasteiger partial charge on any atom is 0.158 e. The zero-order valence-electron chi connectivity index (χ0n) is 12.2. The molecule has 4 nitrogen and oxygen atoms in total. The van der Waals surface area contributed by atoms with Crippen LogP contribution in [0.5, 0.6) is 0 Å². The Morgan fingerprint density at radius 2 is 2.11 bits per heavy atom. The van der Waals surface area contributed by atoms with Crippen LogP contribution < -0.4 is 0 Å². The Hall–Kier alpha value is -1.03. The number of imidazole rings is 1. The quantitative estimate of drug-likeness (QED) is 0.808. The molecule has 2 atom stereocenters. The minimum atomic E-state index is -0.0753. The van der Waals surface area contributed by atoms with Gasteiger partial charge in [0.25, 0.3) is 0 Å². The van der Waals surface area contributed by atoms with Crippen LogP contribution in [0.15, 0.2) is 0 Å². The Kier molecular flexibility index (Phi) is 2.72. The van der Waals surface area contributed by atoms with Gasteiger partial charge in [-0.3, -0.25) is 4.68 Å². The molecule has 1 saturated carbocycles. The smallest absolute Gasteiger partial charge is 0.158 e. The summed E-state index contributed by atoms with van der Waals surface area (Å²) in [5.41, 5.74) is 3.52. The van der Waals surface area contributed by atoms with E-state index in [0.717, 1.165) is 29.2 Å². The van der Waals surface area contributed by atoms with Gasteiger partial charge in [0.2, 0.25) is 0 Å². The first-order valence-electron chi connectivity index (χ1n) is 6.85. The van der Waals surface area contributed by atoms with Crippen molar-refractivity contribution < 1.29 is 0 Å². The van der Waals surface area contributed by atoms with Crippen molar-refractivity contribution in [1.82, 2.24) is 19.3 Å². The van der Waals surface area contributed by atoms with Crippen molar-refractivity contribution in [3.8, 4) is 0 Å². The fraction of sp³-hybridized carbons (Fsp3) is 0.714. The topological polar surface area (TPSA) is 35.6 Å². The van der Waals surface area contributed by atoms with E-state index in [-0.39, 0.29) is 5.38 Å². The molecule has 1 aliphatic rings. The third-order valence-electron chi connectivity index (χ3n) is 4.40. The molecule has 104 valence electrons. The Labute approximate surface area is 118 Å². The average molecular weight is 281 g/mol. The summed E-state index contributed by atoms with van der Waals surface area (Å²) >= 11 is 6.30. The summed E-state index contributed by atoms with van der Waals surface area (Å²) < 4.78 is 4.20. The van der Waals surface area contributed by atoms with Crippen molar-refractivity contribution in [3.05, 3.63) is 11.5 Å². The second-order valence-electron chi connectivity index (χ2n) is 6.47. The molecule has 2 aromatic rings. The second kappa shape index (κ2) is 3.98. The summed E-state index contributed by atoms with van der Waals surface area (Å²) in [5.74, 6) is 1.68. The monoisotopic (exact) mass is 280 g/mol. The van der Waals surface area contributed by atoms with E-state index in [1.807, 2.05) is 25.6 Å². The number of rotatable bonds is 3. The minimum absolute atomic E-state index is 0.0753. The van der Waals surface area contributed by atoms with Crippen molar-refractivity contribution in [1.29, 1.82) is 0 Å². The van der Waals surface area contributed by atoms with Gasteiger partial charge >= 0.3 is 0 Å². The van der Waals surface area contributed by atoms with Gasteiger partial charge in [-0.2, -0.15) is 5.10 Å². The highest BCUT2D eigenvalue weighted by atomic mass is 35.5. The van der Waals surface area contributed by atoms with E-state index in [1.165, 1.54) is 6.42 Å². The summed E-state index contributed by atoms with van der Waals surface area (Å²) in [7, 11) is 1.98. The first kappa shape index (κ1) is 13.0. The Balaban J connectivity index is 2.11. The molecule has 0 N–H and O–H groups in total. The van der Waals surface area contributed by atoms with Gasteiger partial charge in [-0.1, -0.05) is 13.8 Å². The van der Waals surface area contributed by atoms with Gasteiger partial charge in [0.15, 0.2) is 5.65 Å². The van der Waals surface area contributed by atoms with Gasteiger partial charge in [0, 0.05) is 13.6 Å². The van der Waals surface area contributed by atoms with Crippen LogP contribution in [0.3, 0.4) is 0 Å². The number of aromatic nitrogens is 4. The number of aryl methyl sites for hydroxylation is 2. The van der Waals surface area contributed by atoms with E-state index in [4.69, 9.17) is 16.6 Å². The molecule has 1 aliphatic carbocycles. The molecule has 19 heavy (non-hydrogen) atoms. The summed E-state index contributed by atoms with van der Waals surface area (Å²) in [6, 6.07) is 0. The average Bonchev–Trinajstić information content (AvgIpc) is 2.67. The molecule has 0 saturated heterocycles. The largest absolute Gasteiger partial charge is 0.311 e. The molecular weight excluding hydrogens is 260 g/mol. The maximum atomic E-state index is 6.30. The molecule has 0 bridgehead atoms. The SMILES string of the molecule is Cc1nn(C)c2c1nc(C(C)Cl)n2CC1CC1(C)C. The molecule has 0 radical (unpaired) electrons. The van der Waals surface area contributed by atoms with Gasteiger partial charge in [-0.15, -0.1) is 11.6 Å². The summed E-state index contributed by atoms with van der Waals surface area (Å²) in [5, 5.41) is 4.39. The van der Waals surface area contributed by atoms with Crippen LogP contribution in [0.4, 0.5) is 0 Å². The van der Waals surface area contributed by atoms with Crippen molar-refractivity contribution in [2.45, 2.75) is 46.0 Å². The number of hydrogen-bond acceptors (Lipinski definition) is 2. The van der Waals surface area contributed by atoms with Gasteiger partial charge < -0.3 is 4.57 Å². The number of fused-ring (bicyclic) bond motifs is 1. The zero-order valence-corrected chi connectivity index (χ0v) is 13.0. The van der Waals surface area contributed by atoms with Gasteiger partial charge in [0.1, 0.15) is 11.3 Å². The lowest BCUT2D eigenvalue weighted by Gasteiger charge is -2.12. The van der Waals surface area contributed by atoms with Gasteiger partial charge in [-0.25, -0.2) is 4.98 Å². The summed E-state index contributed by atoms with van der Waals surface area (Å²) in [6.45, 7) is 9.63. The van der Waals surface area contributed by atoms with E-state index in [9.17, 15) is 0 Å². The fourth-order valence-electron chi connectivity index (χ4n) is 2.94. The third-order valence-corrected chi connectivity index (χ3v) is 4.59. The predicted octanol–water partition coefficient (Wildman–Crippen LogP) is 3.42. The van der Waals surface area contributed by atoms with Crippen molar-refractivity contribution in [3.63, 3.8) is 0 Å². The summed E-state index contributed by atoms with van der Waals surface area (Å²) in [6.07, 6.45) is 1.28. The lowest BCUT2D eigenvalue weighted by atomic mass is 10.1. The Morgan fingerprint density at radius 3 is 2.63 bits per heavy atom. The molecule has 0 spiro atoms. The molecule has 2 heterocycles. The fourth-order valence-corrected chi connectivity index (χ4v) is 3.11. The number of nitrogens with zero attached hydrogens (tertiary/aromatic N) is 4. The molecule has 3 rings (SSSR count). The molecule has 0 aliphatic heterocycles. The molecule has 2 unspecified atom stereocenters. The second-order valence-corrected chi connectivity index (χ2v) is 7.12. The highest BCUT2D eigenvalue weighted by Gasteiger charge is 2.46. The molecule has 1 fully saturated rings. The van der Waals surface area contributed by atoms with Crippen molar-refractivity contribution in [2.75, 3.05) is 0 Å². The van der Waals surface area contributed by atoms with Crippen LogP contribution in [0.2, 0.25) is 0 Å². The first-order valence-corrected chi connectivity index (χ1v) is 7.28. The van der Waals surface area contributed by atoms with Crippen LogP contribution in [0.1, 0.15) is 44.1 Å². The van der Waals surface area contributed by atoms with Crippen LogP contribution in [-0.2, 0) is 13.6 Å². The molecule has 5 heteroatoms. The number of alkyl halides is 1. The number of halogens is 1. The van der Waals surface area contributed by atoms with Crippen LogP contribution in [0, 0.1) is 18.3 Å². The van der Waals surface area contributed by atoms with Crippen LogP contribution >= 0.6 is 11.6 Å². The van der Waals surface area contributed by atoms with Gasteiger partial charge in [-0.05, 0) is 31.6 Å². The van der Waals surface area contributed by atoms with E-state index >= 15 is 0 Å². The first-order chi connectivity index (χ1) is 8.81. The minimum Gasteiger partial charge on any atom is -0.311 e. The van der Waals surface area contributed by atoms with E-state index in [2.05, 4.69) is 23.5 Å². The lowest BCUT2D eigenvalue weighted by Crippen LogP contribution is -2.11. The van der Waals surface area contributed by atoms with Crippen LogP contribution in [-0.4, -0.2) is 19.3 Å². The zero-order chi connectivity index (χ0) is 13.9. The number of hydrogen-bond donors (Lipinski definition) is 0. The molecular formula is C14H21ClN4. The molecule has 2 aromatic heterocycles. The van der Waals surface area contributed by atoms with E-state index in [1.54, 1.807) is 0 Å². The van der Waals surface area contributed by atoms with Crippen molar-refractivity contribution in [2.24, 2.45) is 18.4 Å². The lowest BCUT2D eigenvalue weighted by molar-refractivity contribution is 0.490. The predicted molar refractivity (Wildman–Crippen MR) is 77.4 cm³/mol. The Morgan fingerprint density at radius 1 is 1.47 bits per heavy atom. The maximum absolute atomic E-state index is 6.30. The van der Waals surface area contributed by atoms with Crippen molar-refractivity contribution >= 4 is 22.8 Å². The van der Waals surface area contributed by atoms with Crippen LogP contribution in [0.25, 0.3) is 11.2 Å². The standard InChI is InChI=1S/C14H21ClN4/c1-8(15)12-16-11-9(2)17-18(5)13(11)19(12)7-10-6-14(10,3)4/h8,10H,6-7H2,1-5H3. The normalized spacial score (nSPS) is 22.9.